The number of nitrogens with zero attached hydrogens (tertiary/aromatic N) is 1. The zero-order valence-electron chi connectivity index (χ0n) is 12.3. The van der Waals surface area contributed by atoms with E-state index in [2.05, 4.69) is 23.3 Å². The standard InChI is InChI=1S/C17H21NO2S/c1-2-18-11-3-6-17(18)20-15-9-7-14(8-10-15)19-13-16-5-4-12-21-16/h4-5,7-10,12,17H,2-3,6,11,13H2,1H3. The van der Waals surface area contributed by atoms with Gasteiger partial charge in [-0.3, -0.25) is 4.90 Å². The van der Waals surface area contributed by atoms with E-state index in [1.165, 1.54) is 11.3 Å². The average molecular weight is 303 g/mol. The van der Waals surface area contributed by atoms with Crippen LogP contribution in [0.25, 0.3) is 0 Å². The molecule has 0 aliphatic carbocycles. The molecule has 1 aliphatic rings. The molecule has 1 aliphatic heterocycles. The molecule has 2 aromatic rings. The summed E-state index contributed by atoms with van der Waals surface area (Å²) in [5, 5.41) is 2.07. The van der Waals surface area contributed by atoms with Crippen LogP contribution in [0, 0.1) is 0 Å². The van der Waals surface area contributed by atoms with Crippen molar-refractivity contribution in [1.29, 1.82) is 0 Å². The topological polar surface area (TPSA) is 21.7 Å². The molecule has 1 atom stereocenters. The zero-order chi connectivity index (χ0) is 14.5. The molecule has 2 heterocycles. The number of thiophene rings is 1. The van der Waals surface area contributed by atoms with Gasteiger partial charge in [0.1, 0.15) is 18.1 Å². The molecule has 1 aromatic heterocycles. The van der Waals surface area contributed by atoms with Crippen molar-refractivity contribution < 1.29 is 9.47 Å². The number of rotatable bonds is 6. The van der Waals surface area contributed by atoms with Crippen molar-refractivity contribution in [2.45, 2.75) is 32.6 Å². The van der Waals surface area contributed by atoms with E-state index in [1.807, 2.05) is 30.3 Å². The van der Waals surface area contributed by atoms with Crippen molar-refractivity contribution >= 4 is 11.3 Å². The summed E-state index contributed by atoms with van der Waals surface area (Å²) >= 11 is 1.71. The first kappa shape index (κ1) is 14.4. The van der Waals surface area contributed by atoms with Crippen LogP contribution in [-0.2, 0) is 6.61 Å². The Hall–Kier alpha value is -1.52. The second-order valence-electron chi connectivity index (χ2n) is 5.18. The van der Waals surface area contributed by atoms with Crippen molar-refractivity contribution in [2.75, 3.05) is 13.1 Å². The molecule has 1 unspecified atom stereocenters. The average Bonchev–Trinajstić information content (AvgIpc) is 3.17. The maximum atomic E-state index is 6.06. The number of hydrogen-bond acceptors (Lipinski definition) is 4. The van der Waals surface area contributed by atoms with Gasteiger partial charge >= 0.3 is 0 Å². The lowest BCUT2D eigenvalue weighted by atomic mass is 10.3. The second kappa shape index (κ2) is 6.96. The molecule has 3 rings (SSSR count). The van der Waals surface area contributed by atoms with E-state index in [9.17, 15) is 0 Å². The van der Waals surface area contributed by atoms with Crippen LogP contribution >= 0.6 is 11.3 Å². The second-order valence-corrected chi connectivity index (χ2v) is 6.22. The summed E-state index contributed by atoms with van der Waals surface area (Å²) in [4.78, 5) is 3.61. The molecular weight excluding hydrogens is 282 g/mol. The van der Waals surface area contributed by atoms with Gasteiger partial charge in [-0.1, -0.05) is 13.0 Å². The van der Waals surface area contributed by atoms with Crippen molar-refractivity contribution in [3.8, 4) is 11.5 Å². The highest BCUT2D eigenvalue weighted by atomic mass is 32.1. The van der Waals surface area contributed by atoms with Crippen LogP contribution in [0.2, 0.25) is 0 Å². The Kier molecular flexibility index (Phi) is 4.78. The van der Waals surface area contributed by atoms with Gasteiger partial charge in [0.25, 0.3) is 0 Å². The molecule has 3 nitrogen and oxygen atoms in total. The molecule has 0 radical (unpaired) electrons. The number of likely N-dealkylation sites (tertiary alicyclic amines) is 1. The van der Waals surface area contributed by atoms with Crippen LogP contribution < -0.4 is 9.47 Å². The Morgan fingerprint density at radius 1 is 1.19 bits per heavy atom. The summed E-state index contributed by atoms with van der Waals surface area (Å²) in [6, 6.07) is 12.1. The molecule has 0 N–H and O–H groups in total. The molecule has 0 spiro atoms. The Balaban J connectivity index is 1.54. The van der Waals surface area contributed by atoms with Gasteiger partial charge in [0.05, 0.1) is 0 Å². The molecule has 1 fully saturated rings. The van der Waals surface area contributed by atoms with E-state index in [1.54, 1.807) is 11.3 Å². The minimum atomic E-state index is 0.230. The summed E-state index contributed by atoms with van der Waals surface area (Å²) in [6.07, 6.45) is 2.57. The minimum absolute atomic E-state index is 0.230. The minimum Gasteiger partial charge on any atom is -0.488 e. The molecule has 112 valence electrons. The van der Waals surface area contributed by atoms with Gasteiger partial charge in [-0.05, 0) is 55.1 Å². The van der Waals surface area contributed by atoms with E-state index in [0.717, 1.165) is 31.0 Å². The summed E-state index contributed by atoms with van der Waals surface area (Å²) in [5.74, 6) is 1.80. The first-order chi connectivity index (χ1) is 10.3. The molecular formula is C17H21NO2S. The summed E-state index contributed by atoms with van der Waals surface area (Å²) in [7, 11) is 0. The van der Waals surface area contributed by atoms with E-state index in [0.29, 0.717) is 6.61 Å². The zero-order valence-corrected chi connectivity index (χ0v) is 13.1. The number of benzene rings is 1. The molecule has 21 heavy (non-hydrogen) atoms. The maximum Gasteiger partial charge on any atom is 0.152 e. The van der Waals surface area contributed by atoms with E-state index < -0.39 is 0 Å². The van der Waals surface area contributed by atoms with Crippen LogP contribution in [-0.4, -0.2) is 24.2 Å². The van der Waals surface area contributed by atoms with Gasteiger partial charge in [-0.15, -0.1) is 11.3 Å². The third-order valence-electron chi connectivity index (χ3n) is 3.77. The largest absolute Gasteiger partial charge is 0.488 e. The Labute approximate surface area is 130 Å². The van der Waals surface area contributed by atoms with Crippen LogP contribution in [0.3, 0.4) is 0 Å². The van der Waals surface area contributed by atoms with E-state index >= 15 is 0 Å². The molecule has 0 saturated carbocycles. The Bertz CT molecular complexity index is 538. The molecule has 0 amide bonds. The molecule has 0 bridgehead atoms. The summed E-state index contributed by atoms with van der Waals surface area (Å²) in [5.41, 5.74) is 0. The Morgan fingerprint density at radius 2 is 2.00 bits per heavy atom. The van der Waals surface area contributed by atoms with Crippen molar-refractivity contribution in [2.24, 2.45) is 0 Å². The van der Waals surface area contributed by atoms with Gasteiger partial charge in [-0.25, -0.2) is 0 Å². The number of ether oxygens (including phenoxy) is 2. The van der Waals surface area contributed by atoms with Crippen LogP contribution in [0.4, 0.5) is 0 Å². The van der Waals surface area contributed by atoms with E-state index in [-0.39, 0.29) is 6.23 Å². The van der Waals surface area contributed by atoms with Crippen molar-refractivity contribution in [3.63, 3.8) is 0 Å². The van der Waals surface area contributed by atoms with E-state index in [4.69, 9.17) is 9.47 Å². The fourth-order valence-electron chi connectivity index (χ4n) is 2.61. The van der Waals surface area contributed by atoms with Gasteiger partial charge in [0.2, 0.25) is 0 Å². The first-order valence-corrected chi connectivity index (χ1v) is 8.39. The normalized spacial score (nSPS) is 18.8. The predicted molar refractivity (Wildman–Crippen MR) is 86.0 cm³/mol. The van der Waals surface area contributed by atoms with Gasteiger partial charge in [0, 0.05) is 11.4 Å². The Morgan fingerprint density at radius 3 is 2.71 bits per heavy atom. The lowest BCUT2D eigenvalue weighted by Gasteiger charge is -2.23. The third kappa shape index (κ3) is 3.77. The fraction of sp³-hybridized carbons (Fsp3) is 0.412. The molecule has 1 saturated heterocycles. The highest BCUT2D eigenvalue weighted by molar-refractivity contribution is 7.09. The van der Waals surface area contributed by atoms with Crippen LogP contribution in [0.15, 0.2) is 41.8 Å². The smallest absolute Gasteiger partial charge is 0.152 e. The molecule has 1 aromatic carbocycles. The summed E-state index contributed by atoms with van der Waals surface area (Å²) < 4.78 is 11.8. The molecule has 4 heteroatoms. The summed E-state index contributed by atoms with van der Waals surface area (Å²) in [6.45, 7) is 5.00. The monoisotopic (exact) mass is 303 g/mol. The van der Waals surface area contributed by atoms with Crippen molar-refractivity contribution in [3.05, 3.63) is 46.7 Å². The first-order valence-electron chi connectivity index (χ1n) is 7.51. The highest BCUT2D eigenvalue weighted by Gasteiger charge is 2.24. The lowest BCUT2D eigenvalue weighted by Crippen LogP contribution is -2.33. The quantitative estimate of drug-likeness (QED) is 0.800. The predicted octanol–water partition coefficient (Wildman–Crippen LogP) is 4.15. The highest BCUT2D eigenvalue weighted by Crippen LogP contribution is 2.24. The SMILES string of the molecule is CCN1CCCC1Oc1ccc(OCc2cccs2)cc1. The fourth-order valence-corrected chi connectivity index (χ4v) is 3.23. The van der Waals surface area contributed by atoms with Gasteiger partial charge < -0.3 is 9.47 Å². The van der Waals surface area contributed by atoms with Crippen LogP contribution in [0.1, 0.15) is 24.6 Å². The number of hydrogen-bond donors (Lipinski definition) is 0. The third-order valence-corrected chi connectivity index (χ3v) is 4.62. The van der Waals surface area contributed by atoms with Gasteiger partial charge in [0.15, 0.2) is 6.23 Å². The lowest BCUT2D eigenvalue weighted by molar-refractivity contribution is 0.0649. The maximum absolute atomic E-state index is 6.06. The van der Waals surface area contributed by atoms with Crippen LogP contribution in [0.5, 0.6) is 11.5 Å². The van der Waals surface area contributed by atoms with Crippen molar-refractivity contribution in [1.82, 2.24) is 4.90 Å². The van der Waals surface area contributed by atoms with Gasteiger partial charge in [-0.2, -0.15) is 0 Å².